The molecular weight excluding hydrogens is 370 g/mol. The third-order valence-electron chi connectivity index (χ3n) is 4.51. The predicted molar refractivity (Wildman–Crippen MR) is 103 cm³/mol. The largest absolute Gasteiger partial charge is 0.476 e. The van der Waals surface area contributed by atoms with Crippen molar-refractivity contribution >= 4 is 35.0 Å². The molecule has 0 spiro atoms. The summed E-state index contributed by atoms with van der Waals surface area (Å²) >= 11 is 2.78. The molecule has 1 aromatic heterocycles. The molecule has 0 radical (unpaired) electrons. The van der Waals surface area contributed by atoms with Gasteiger partial charge in [0.2, 0.25) is 5.91 Å². The number of nitrogens with two attached hydrogens (primary N) is 1. The highest BCUT2D eigenvalue weighted by Gasteiger charge is 2.35. The number of carboxylic acid groups (broad SMARTS) is 1. The predicted octanol–water partition coefficient (Wildman–Crippen LogP) is 2.93. The molecule has 2 atom stereocenters. The molecule has 1 aliphatic rings. The highest BCUT2D eigenvalue weighted by molar-refractivity contribution is 8.01. The Morgan fingerprint density at radius 2 is 2.19 bits per heavy atom. The molecule has 2 aromatic rings. The Balaban J connectivity index is 1.60. The maximum atomic E-state index is 12.3. The first kappa shape index (κ1) is 18.9. The highest BCUT2D eigenvalue weighted by atomic mass is 32.2. The van der Waals surface area contributed by atoms with E-state index in [0.29, 0.717) is 23.1 Å². The Kier molecular flexibility index (Phi) is 5.95. The van der Waals surface area contributed by atoms with Crippen molar-refractivity contribution in [2.24, 2.45) is 5.73 Å². The summed E-state index contributed by atoms with van der Waals surface area (Å²) in [5.41, 5.74) is 8.73. The van der Waals surface area contributed by atoms with Crippen LogP contribution in [0.4, 0.5) is 0 Å². The maximum absolute atomic E-state index is 12.3. The van der Waals surface area contributed by atoms with Crippen LogP contribution in [0.5, 0.6) is 0 Å². The molecule has 1 saturated heterocycles. The summed E-state index contributed by atoms with van der Waals surface area (Å²) < 4.78 is 0.702. The first-order valence-corrected chi connectivity index (χ1v) is 10.3. The van der Waals surface area contributed by atoms with Gasteiger partial charge in [-0.3, -0.25) is 4.79 Å². The fraction of sp³-hybridized carbons (Fsp3) is 0.389. The van der Waals surface area contributed by atoms with E-state index in [4.69, 9.17) is 10.8 Å². The van der Waals surface area contributed by atoms with Crippen molar-refractivity contribution in [3.8, 4) is 0 Å². The molecule has 26 heavy (non-hydrogen) atoms. The molecule has 1 aliphatic heterocycles. The zero-order valence-corrected chi connectivity index (χ0v) is 16.1. The maximum Gasteiger partial charge on any atom is 0.355 e. The average molecular weight is 392 g/mol. The lowest BCUT2D eigenvalue weighted by Gasteiger charge is -2.29. The monoisotopic (exact) mass is 391 g/mol. The fourth-order valence-electron chi connectivity index (χ4n) is 3.08. The van der Waals surface area contributed by atoms with Gasteiger partial charge in [0, 0.05) is 24.1 Å². The van der Waals surface area contributed by atoms with Gasteiger partial charge in [-0.15, -0.1) is 11.3 Å². The van der Waals surface area contributed by atoms with Gasteiger partial charge in [0.15, 0.2) is 10.0 Å². The number of carboxylic acids is 1. The fourth-order valence-corrected chi connectivity index (χ4v) is 4.89. The zero-order chi connectivity index (χ0) is 18.7. The number of hydrogen-bond donors (Lipinski definition) is 2. The third-order valence-corrected chi connectivity index (χ3v) is 6.51. The summed E-state index contributed by atoms with van der Waals surface area (Å²) in [5.74, 6) is -0.231. The normalized spacial score (nSPS) is 18.3. The van der Waals surface area contributed by atoms with Gasteiger partial charge in [0.25, 0.3) is 0 Å². The molecule has 0 aliphatic carbocycles. The summed E-state index contributed by atoms with van der Waals surface area (Å²) in [7, 11) is 0. The van der Waals surface area contributed by atoms with E-state index in [0.717, 1.165) is 12.0 Å². The van der Waals surface area contributed by atoms with E-state index in [2.05, 4.69) is 4.98 Å². The van der Waals surface area contributed by atoms with Crippen LogP contribution >= 0.6 is 23.1 Å². The number of nitrogens with zero attached hydrogens (tertiary/aromatic N) is 2. The molecule has 0 bridgehead atoms. The van der Waals surface area contributed by atoms with Gasteiger partial charge in [-0.2, -0.15) is 0 Å². The quantitative estimate of drug-likeness (QED) is 0.705. The molecule has 3 N–H and O–H groups in total. The van der Waals surface area contributed by atoms with E-state index < -0.39 is 5.97 Å². The van der Waals surface area contributed by atoms with Gasteiger partial charge in [0.05, 0.1) is 12.1 Å². The Labute approximate surface area is 160 Å². The van der Waals surface area contributed by atoms with E-state index in [1.54, 1.807) is 0 Å². The number of aryl methyl sites for hydroxylation is 1. The minimum absolute atomic E-state index is 0.00307. The topological polar surface area (TPSA) is 96.5 Å². The molecule has 3 rings (SSSR count). The Bertz CT molecular complexity index is 791. The van der Waals surface area contributed by atoms with Crippen LogP contribution in [0.15, 0.2) is 34.0 Å². The minimum Gasteiger partial charge on any atom is -0.476 e. The third kappa shape index (κ3) is 4.25. The molecule has 1 amide bonds. The first-order valence-electron chi connectivity index (χ1n) is 8.39. The number of thiazole rings is 1. The molecule has 138 valence electrons. The van der Waals surface area contributed by atoms with Crippen LogP contribution in [0, 0.1) is 6.92 Å². The Morgan fingerprint density at radius 1 is 1.46 bits per heavy atom. The van der Waals surface area contributed by atoms with Gasteiger partial charge < -0.3 is 15.7 Å². The van der Waals surface area contributed by atoms with Crippen molar-refractivity contribution in [3.63, 3.8) is 0 Å². The van der Waals surface area contributed by atoms with E-state index in [1.165, 1.54) is 34.0 Å². The molecule has 2 heterocycles. The second kappa shape index (κ2) is 8.20. The van der Waals surface area contributed by atoms with Crippen molar-refractivity contribution < 1.29 is 14.7 Å². The molecule has 1 aromatic carbocycles. The van der Waals surface area contributed by atoms with Crippen LogP contribution in [0.1, 0.15) is 40.5 Å². The van der Waals surface area contributed by atoms with Crippen LogP contribution in [-0.4, -0.2) is 45.2 Å². The van der Waals surface area contributed by atoms with E-state index in [1.807, 2.05) is 36.1 Å². The number of aromatic carboxylic acids is 1. The lowest BCUT2D eigenvalue weighted by atomic mass is 9.97. The zero-order valence-electron chi connectivity index (χ0n) is 14.4. The van der Waals surface area contributed by atoms with Gasteiger partial charge in [-0.1, -0.05) is 41.6 Å². The summed E-state index contributed by atoms with van der Waals surface area (Å²) in [5, 5.41) is 10.4. The summed E-state index contributed by atoms with van der Waals surface area (Å²) in [6.07, 6.45) is 1.29. The van der Waals surface area contributed by atoms with E-state index in [9.17, 15) is 9.59 Å². The lowest BCUT2D eigenvalue weighted by molar-refractivity contribution is -0.128. The molecule has 1 fully saturated rings. The molecule has 0 saturated carbocycles. The first-order chi connectivity index (χ1) is 12.5. The van der Waals surface area contributed by atoms with Gasteiger partial charge >= 0.3 is 5.97 Å². The standard InChI is InChI=1S/C18H21N3O3S2/c1-11-2-4-12(5-3-11)16(19)14-6-7-15(22)21(14)8-9-25-18-20-13(10-26-18)17(23)24/h2-5,10,14,16H,6-9,19H2,1H3,(H,23,24)/t14-,16?/m1/s1. The average Bonchev–Trinajstić information content (AvgIpc) is 3.23. The number of benzene rings is 1. The number of thioether (sulfide) groups is 1. The van der Waals surface area contributed by atoms with Crippen molar-refractivity contribution in [2.45, 2.75) is 36.2 Å². The second-order valence-corrected chi connectivity index (χ2v) is 8.48. The number of amides is 1. The van der Waals surface area contributed by atoms with Crippen LogP contribution in [-0.2, 0) is 4.79 Å². The SMILES string of the molecule is Cc1ccc(C(N)[C@H]2CCC(=O)N2CCSc2nc(C(=O)O)cs2)cc1. The molecular formula is C18H21N3O3S2. The lowest BCUT2D eigenvalue weighted by Crippen LogP contribution is -2.41. The Morgan fingerprint density at radius 3 is 2.85 bits per heavy atom. The number of aromatic nitrogens is 1. The van der Waals surface area contributed by atoms with Gasteiger partial charge in [-0.25, -0.2) is 9.78 Å². The van der Waals surface area contributed by atoms with Gasteiger partial charge in [-0.05, 0) is 18.9 Å². The molecule has 6 nitrogen and oxygen atoms in total. The second-order valence-electron chi connectivity index (χ2n) is 6.28. The summed E-state index contributed by atoms with van der Waals surface area (Å²) in [4.78, 5) is 29.1. The van der Waals surface area contributed by atoms with Crippen LogP contribution in [0.25, 0.3) is 0 Å². The number of carbonyl (C=O) groups is 2. The van der Waals surface area contributed by atoms with Crippen LogP contribution in [0.3, 0.4) is 0 Å². The molecule has 1 unspecified atom stereocenters. The van der Waals surface area contributed by atoms with Crippen molar-refractivity contribution in [1.82, 2.24) is 9.88 Å². The molecule has 8 heteroatoms. The summed E-state index contributed by atoms with van der Waals surface area (Å²) in [6, 6.07) is 7.92. The number of likely N-dealkylation sites (tertiary alicyclic amines) is 1. The smallest absolute Gasteiger partial charge is 0.355 e. The van der Waals surface area contributed by atoms with Crippen LogP contribution < -0.4 is 5.73 Å². The van der Waals surface area contributed by atoms with Crippen LogP contribution in [0.2, 0.25) is 0 Å². The number of rotatable bonds is 7. The van der Waals surface area contributed by atoms with E-state index >= 15 is 0 Å². The van der Waals surface area contributed by atoms with E-state index in [-0.39, 0.29) is 23.7 Å². The van der Waals surface area contributed by atoms with Crippen molar-refractivity contribution in [3.05, 3.63) is 46.5 Å². The summed E-state index contributed by atoms with van der Waals surface area (Å²) in [6.45, 7) is 2.61. The van der Waals surface area contributed by atoms with Gasteiger partial charge in [0.1, 0.15) is 0 Å². The van der Waals surface area contributed by atoms with Crippen molar-refractivity contribution in [2.75, 3.05) is 12.3 Å². The number of carbonyl (C=O) groups excluding carboxylic acids is 1. The van der Waals surface area contributed by atoms with Crippen molar-refractivity contribution in [1.29, 1.82) is 0 Å². The highest BCUT2D eigenvalue weighted by Crippen LogP contribution is 2.30. The minimum atomic E-state index is -1.02. The Hall–Kier alpha value is -1.90. The number of hydrogen-bond acceptors (Lipinski definition) is 6.